The number of aryl methyl sites for hydroxylation is 1. The summed E-state index contributed by atoms with van der Waals surface area (Å²) in [7, 11) is 0. The second kappa shape index (κ2) is 8.57. The van der Waals surface area contributed by atoms with E-state index in [-0.39, 0.29) is 17.2 Å². The van der Waals surface area contributed by atoms with Crippen LogP contribution >= 0.6 is 0 Å². The van der Waals surface area contributed by atoms with Gasteiger partial charge < -0.3 is 4.90 Å². The maximum absolute atomic E-state index is 13.9. The van der Waals surface area contributed by atoms with E-state index in [4.69, 9.17) is 0 Å². The maximum Gasteiger partial charge on any atom is 0.416 e. The van der Waals surface area contributed by atoms with Crippen molar-refractivity contribution in [3.63, 3.8) is 0 Å². The molecule has 2 aromatic carbocycles. The summed E-state index contributed by atoms with van der Waals surface area (Å²) in [6.45, 7) is 4.62. The van der Waals surface area contributed by atoms with E-state index in [1.165, 1.54) is 6.07 Å². The van der Waals surface area contributed by atoms with E-state index in [0.717, 1.165) is 43.0 Å². The Labute approximate surface area is 185 Å². The van der Waals surface area contributed by atoms with Gasteiger partial charge in [-0.1, -0.05) is 36.8 Å². The fourth-order valence-electron chi connectivity index (χ4n) is 4.80. The van der Waals surface area contributed by atoms with Gasteiger partial charge in [0.2, 0.25) is 0 Å². The number of alkyl halides is 3. The molecule has 2 aliphatic rings. The van der Waals surface area contributed by atoms with E-state index in [2.05, 4.69) is 0 Å². The van der Waals surface area contributed by atoms with Crippen LogP contribution < -0.4 is 4.90 Å². The molecule has 1 fully saturated rings. The molecule has 0 aromatic heterocycles. The molecule has 0 bridgehead atoms. The number of hydrogen-bond acceptors (Lipinski definition) is 3. The van der Waals surface area contributed by atoms with E-state index >= 15 is 0 Å². The molecule has 0 radical (unpaired) electrons. The number of allylic oxidation sites excluding steroid dienone is 2. The average molecular weight is 441 g/mol. The first-order valence-corrected chi connectivity index (χ1v) is 11.0. The van der Waals surface area contributed by atoms with Gasteiger partial charge in [-0.15, -0.1) is 0 Å². The molecule has 0 saturated carbocycles. The number of carbonyl (C=O) groups is 2. The van der Waals surface area contributed by atoms with Gasteiger partial charge in [0.1, 0.15) is 0 Å². The van der Waals surface area contributed by atoms with Crippen LogP contribution in [0.3, 0.4) is 0 Å². The minimum Gasteiger partial charge on any atom is -0.369 e. The second-order valence-electron chi connectivity index (χ2n) is 8.65. The Balaban J connectivity index is 1.62. The van der Waals surface area contributed by atoms with Crippen molar-refractivity contribution in [3.8, 4) is 0 Å². The molecule has 1 aliphatic heterocycles. The predicted octanol–water partition coefficient (Wildman–Crippen LogP) is 5.87. The van der Waals surface area contributed by atoms with Crippen molar-refractivity contribution in [2.24, 2.45) is 0 Å². The molecule has 0 amide bonds. The molecule has 1 atom stereocenters. The Morgan fingerprint density at radius 3 is 2.66 bits per heavy atom. The Morgan fingerprint density at radius 1 is 1.16 bits per heavy atom. The number of ketones is 2. The van der Waals surface area contributed by atoms with Gasteiger partial charge in [0.25, 0.3) is 0 Å². The number of fused-ring (bicyclic) bond motifs is 1. The molecule has 6 heteroatoms. The second-order valence-corrected chi connectivity index (χ2v) is 8.65. The minimum atomic E-state index is -4.58. The normalized spacial score (nSPS) is 18.5. The first-order valence-electron chi connectivity index (χ1n) is 11.0. The van der Waals surface area contributed by atoms with Crippen LogP contribution in [0.5, 0.6) is 0 Å². The number of carbonyl (C=O) groups excluding carboxylic acids is 2. The van der Waals surface area contributed by atoms with Crippen LogP contribution in [-0.4, -0.2) is 24.2 Å². The summed E-state index contributed by atoms with van der Waals surface area (Å²) >= 11 is 0. The lowest BCUT2D eigenvalue weighted by Gasteiger charge is -2.27. The summed E-state index contributed by atoms with van der Waals surface area (Å²) in [4.78, 5) is 27.8. The summed E-state index contributed by atoms with van der Waals surface area (Å²) in [5.74, 6) is -0.985. The lowest BCUT2D eigenvalue weighted by atomic mass is 9.85. The van der Waals surface area contributed by atoms with Crippen LogP contribution in [0, 0.1) is 6.92 Å². The summed E-state index contributed by atoms with van der Waals surface area (Å²) in [5.41, 5.74) is 1.80. The number of anilines is 1. The van der Waals surface area contributed by atoms with E-state index in [0.29, 0.717) is 17.7 Å². The highest BCUT2D eigenvalue weighted by Crippen LogP contribution is 2.37. The average Bonchev–Trinajstić information content (AvgIpc) is 3.22. The number of hydrogen-bond donors (Lipinski definition) is 0. The number of halogens is 3. The maximum atomic E-state index is 13.9. The fraction of sp³-hybridized carbons (Fsp3) is 0.385. The third kappa shape index (κ3) is 4.23. The van der Waals surface area contributed by atoms with E-state index in [1.54, 1.807) is 18.2 Å². The van der Waals surface area contributed by atoms with Crippen molar-refractivity contribution >= 4 is 17.3 Å². The summed E-state index contributed by atoms with van der Waals surface area (Å²) < 4.78 is 41.7. The van der Waals surface area contributed by atoms with Crippen molar-refractivity contribution in [1.82, 2.24) is 0 Å². The molecule has 168 valence electrons. The van der Waals surface area contributed by atoms with E-state index < -0.39 is 29.7 Å². The molecular formula is C26H26F3NO2. The van der Waals surface area contributed by atoms with Gasteiger partial charge in [-0.05, 0) is 61.9 Å². The van der Waals surface area contributed by atoms with Crippen molar-refractivity contribution in [3.05, 3.63) is 75.9 Å². The molecule has 1 unspecified atom stereocenters. The summed E-state index contributed by atoms with van der Waals surface area (Å²) in [5, 5.41) is 0. The molecule has 32 heavy (non-hydrogen) atoms. The minimum absolute atomic E-state index is 0.0223. The highest BCUT2D eigenvalue weighted by atomic mass is 19.4. The van der Waals surface area contributed by atoms with Gasteiger partial charge >= 0.3 is 6.18 Å². The fourth-order valence-corrected chi connectivity index (χ4v) is 4.80. The number of rotatable bonds is 5. The van der Waals surface area contributed by atoms with Crippen molar-refractivity contribution in [1.29, 1.82) is 0 Å². The first-order chi connectivity index (χ1) is 15.2. The van der Waals surface area contributed by atoms with Crippen LogP contribution in [0.4, 0.5) is 18.9 Å². The third-order valence-electron chi connectivity index (χ3n) is 6.51. The van der Waals surface area contributed by atoms with Crippen LogP contribution in [-0.2, 0) is 23.8 Å². The SMILES string of the molecule is CCC1CCCN1c1ccc(CC(=O)C2=CCc3ccc(C)cc3C2=O)c(C(F)(F)F)c1. The van der Waals surface area contributed by atoms with E-state index in [9.17, 15) is 22.8 Å². The smallest absolute Gasteiger partial charge is 0.369 e. The Morgan fingerprint density at radius 2 is 1.94 bits per heavy atom. The largest absolute Gasteiger partial charge is 0.416 e. The van der Waals surface area contributed by atoms with Crippen LogP contribution in [0.2, 0.25) is 0 Å². The van der Waals surface area contributed by atoms with Crippen LogP contribution in [0.1, 0.15) is 58.8 Å². The Hall–Kier alpha value is -2.89. The van der Waals surface area contributed by atoms with Gasteiger partial charge in [-0.2, -0.15) is 13.2 Å². The standard InChI is InChI=1S/C26H26F3NO2/c1-3-19-5-4-12-30(19)20-10-8-18(23(15-20)26(27,28)29)14-24(31)21-11-9-17-7-6-16(2)13-22(17)25(21)32/h6-8,10-11,13,15,19H,3-5,9,12,14H2,1-2H3. The number of nitrogens with zero attached hydrogens (tertiary/aromatic N) is 1. The highest BCUT2D eigenvalue weighted by molar-refractivity contribution is 6.27. The molecule has 3 nitrogen and oxygen atoms in total. The number of benzene rings is 2. The highest BCUT2D eigenvalue weighted by Gasteiger charge is 2.36. The zero-order chi connectivity index (χ0) is 23.0. The molecule has 1 heterocycles. The van der Waals surface area contributed by atoms with Gasteiger partial charge in [0.15, 0.2) is 11.6 Å². The molecule has 0 N–H and O–H groups in total. The molecule has 1 saturated heterocycles. The quantitative estimate of drug-likeness (QED) is 0.545. The Kier molecular flexibility index (Phi) is 5.97. The van der Waals surface area contributed by atoms with Crippen LogP contribution in [0.15, 0.2) is 48.0 Å². The molecule has 1 aliphatic carbocycles. The van der Waals surface area contributed by atoms with Gasteiger partial charge in [0.05, 0.1) is 11.1 Å². The Bertz CT molecular complexity index is 1100. The van der Waals surface area contributed by atoms with Crippen molar-refractivity contribution < 1.29 is 22.8 Å². The lowest BCUT2D eigenvalue weighted by molar-refractivity contribution is -0.138. The van der Waals surface area contributed by atoms with E-state index in [1.807, 2.05) is 30.9 Å². The summed E-state index contributed by atoms with van der Waals surface area (Å²) in [6.07, 6.45) is -0.279. The molecule has 2 aromatic rings. The van der Waals surface area contributed by atoms with Gasteiger partial charge in [-0.25, -0.2) is 0 Å². The first kappa shape index (κ1) is 22.3. The zero-order valence-corrected chi connectivity index (χ0v) is 18.3. The molecular weight excluding hydrogens is 415 g/mol. The van der Waals surface area contributed by atoms with Crippen molar-refractivity contribution in [2.75, 3.05) is 11.4 Å². The third-order valence-corrected chi connectivity index (χ3v) is 6.51. The van der Waals surface area contributed by atoms with Crippen molar-refractivity contribution in [2.45, 2.75) is 58.2 Å². The van der Waals surface area contributed by atoms with Crippen LogP contribution in [0.25, 0.3) is 0 Å². The number of Topliss-reactive ketones (excluding diaryl/α,β-unsaturated/α-hetero) is 2. The predicted molar refractivity (Wildman–Crippen MR) is 118 cm³/mol. The molecule has 0 spiro atoms. The van der Waals surface area contributed by atoms with Gasteiger partial charge in [-0.3, -0.25) is 9.59 Å². The lowest BCUT2D eigenvalue weighted by Crippen LogP contribution is -2.29. The molecule has 4 rings (SSSR count). The van der Waals surface area contributed by atoms with Gasteiger partial charge in [0, 0.05) is 30.3 Å². The summed E-state index contributed by atoms with van der Waals surface area (Å²) in [6, 6.07) is 9.93. The topological polar surface area (TPSA) is 37.4 Å². The monoisotopic (exact) mass is 441 g/mol. The zero-order valence-electron chi connectivity index (χ0n) is 18.3.